The van der Waals surface area contributed by atoms with Gasteiger partial charge in [-0.2, -0.15) is 0 Å². The number of urea groups is 1. The van der Waals surface area contributed by atoms with Gasteiger partial charge >= 0.3 is 6.03 Å². The van der Waals surface area contributed by atoms with E-state index in [1.54, 1.807) is 9.80 Å². The minimum absolute atomic E-state index is 0.0505. The van der Waals surface area contributed by atoms with Crippen LogP contribution in [0.4, 0.5) is 4.79 Å². The molecule has 6 nitrogen and oxygen atoms in total. The number of carbonyl (C=O) groups is 2. The first-order valence-electron chi connectivity index (χ1n) is 10.8. The molecule has 2 heterocycles. The van der Waals surface area contributed by atoms with Gasteiger partial charge in [0.05, 0.1) is 6.04 Å². The average molecular weight is 425 g/mol. The molecule has 160 valence electrons. The molecule has 1 N–H and O–H groups in total. The minimum Gasteiger partial charge on any atom is -0.353 e. The molecule has 0 saturated carbocycles. The first-order valence-corrected chi connectivity index (χ1v) is 10.8. The Morgan fingerprint density at radius 1 is 0.844 bits per heavy atom. The Labute approximate surface area is 187 Å². The molecule has 2 aliphatic rings. The van der Waals surface area contributed by atoms with E-state index in [2.05, 4.69) is 17.4 Å². The number of piperazine rings is 1. The highest BCUT2D eigenvalue weighted by molar-refractivity contribution is 6.09. The molecular formula is C26H24N4O2. The summed E-state index contributed by atoms with van der Waals surface area (Å²) in [4.78, 5) is 34.4. The molecule has 0 spiro atoms. The zero-order chi connectivity index (χ0) is 21.9. The van der Waals surface area contributed by atoms with E-state index >= 15 is 0 Å². The van der Waals surface area contributed by atoms with Crippen LogP contribution in [0, 0.1) is 0 Å². The molecule has 1 saturated heterocycles. The Kier molecular flexibility index (Phi) is 5.42. The fourth-order valence-electron chi connectivity index (χ4n) is 4.39. The molecule has 2 atom stereocenters. The molecule has 2 aliphatic heterocycles. The van der Waals surface area contributed by atoms with Gasteiger partial charge in [0.1, 0.15) is 18.4 Å². The normalized spacial score (nSPS) is 20.6. The summed E-state index contributed by atoms with van der Waals surface area (Å²) in [6.45, 7) is 0.976. The highest BCUT2D eigenvalue weighted by Crippen LogP contribution is 2.43. The molecule has 3 aromatic carbocycles. The number of hydrogen-bond acceptors (Lipinski definition) is 3. The number of nitrogens with one attached hydrogen (secondary N) is 1. The topological polar surface area (TPSA) is 65.0 Å². The Hall–Kier alpha value is -3.93. The van der Waals surface area contributed by atoms with E-state index in [1.165, 1.54) is 0 Å². The minimum atomic E-state index is -0.314. The van der Waals surface area contributed by atoms with Crippen molar-refractivity contribution < 1.29 is 9.59 Å². The van der Waals surface area contributed by atoms with Crippen LogP contribution >= 0.6 is 0 Å². The smallest absolute Gasteiger partial charge is 0.326 e. The van der Waals surface area contributed by atoms with Gasteiger partial charge in [0, 0.05) is 18.7 Å². The van der Waals surface area contributed by atoms with Gasteiger partial charge in [-0.25, -0.2) is 4.79 Å². The van der Waals surface area contributed by atoms with E-state index in [1.807, 2.05) is 78.9 Å². The number of benzene rings is 3. The van der Waals surface area contributed by atoms with Gasteiger partial charge in [-0.1, -0.05) is 91.0 Å². The Balaban J connectivity index is 1.64. The van der Waals surface area contributed by atoms with Crippen molar-refractivity contribution in [1.29, 1.82) is 0 Å². The lowest BCUT2D eigenvalue weighted by molar-refractivity contribution is -0.123. The average Bonchev–Trinajstić information content (AvgIpc) is 3.26. The maximum Gasteiger partial charge on any atom is 0.326 e. The molecule has 3 amide bonds. The molecule has 0 radical (unpaired) electrons. The summed E-state index contributed by atoms with van der Waals surface area (Å²) in [5.41, 5.74) is 2.92. The highest BCUT2D eigenvalue weighted by atomic mass is 16.2. The van der Waals surface area contributed by atoms with Crippen molar-refractivity contribution >= 4 is 17.8 Å². The summed E-state index contributed by atoms with van der Waals surface area (Å²) in [6, 6.07) is 29.1. The van der Waals surface area contributed by atoms with Crippen molar-refractivity contribution in [2.75, 3.05) is 19.6 Å². The summed E-state index contributed by atoms with van der Waals surface area (Å²) in [5.74, 6) is 0.488. The van der Waals surface area contributed by atoms with Gasteiger partial charge < -0.3 is 10.2 Å². The summed E-state index contributed by atoms with van der Waals surface area (Å²) < 4.78 is 0. The van der Waals surface area contributed by atoms with Crippen molar-refractivity contribution in [3.63, 3.8) is 0 Å². The third-order valence-electron chi connectivity index (χ3n) is 5.90. The van der Waals surface area contributed by atoms with Crippen molar-refractivity contribution in [2.24, 2.45) is 4.99 Å². The largest absolute Gasteiger partial charge is 0.353 e. The van der Waals surface area contributed by atoms with Gasteiger partial charge in [-0.15, -0.1) is 0 Å². The molecule has 0 aliphatic carbocycles. The number of amides is 3. The predicted molar refractivity (Wildman–Crippen MR) is 123 cm³/mol. The maximum absolute atomic E-state index is 13.9. The van der Waals surface area contributed by atoms with Crippen molar-refractivity contribution in [1.82, 2.24) is 15.1 Å². The molecule has 5 rings (SSSR count). The lowest BCUT2D eigenvalue weighted by atomic mass is 9.94. The van der Waals surface area contributed by atoms with Crippen molar-refractivity contribution in [3.8, 4) is 0 Å². The second-order valence-electron chi connectivity index (χ2n) is 7.95. The van der Waals surface area contributed by atoms with E-state index in [0.29, 0.717) is 18.9 Å². The van der Waals surface area contributed by atoms with Crippen LogP contribution in [-0.4, -0.2) is 47.2 Å². The summed E-state index contributed by atoms with van der Waals surface area (Å²) in [5, 5.41) is 2.80. The Morgan fingerprint density at radius 2 is 1.44 bits per heavy atom. The first kappa shape index (κ1) is 20.0. The summed E-state index contributed by atoms with van der Waals surface area (Å²) in [7, 11) is 0. The summed E-state index contributed by atoms with van der Waals surface area (Å²) >= 11 is 0. The van der Waals surface area contributed by atoms with Gasteiger partial charge in [0.25, 0.3) is 0 Å². The lowest BCUT2D eigenvalue weighted by Gasteiger charge is -2.35. The van der Waals surface area contributed by atoms with Gasteiger partial charge in [-0.3, -0.25) is 14.7 Å². The lowest BCUT2D eigenvalue weighted by Crippen LogP contribution is -2.55. The monoisotopic (exact) mass is 424 g/mol. The second kappa shape index (κ2) is 8.67. The van der Waals surface area contributed by atoms with Crippen LogP contribution in [0.15, 0.2) is 96.0 Å². The molecule has 0 bridgehead atoms. The van der Waals surface area contributed by atoms with Crippen LogP contribution in [0.25, 0.3) is 0 Å². The van der Waals surface area contributed by atoms with Crippen LogP contribution in [0.1, 0.15) is 28.8 Å². The fraction of sp³-hybridized carbons (Fsp3) is 0.192. The van der Waals surface area contributed by atoms with Crippen LogP contribution in [-0.2, 0) is 4.79 Å². The van der Waals surface area contributed by atoms with Crippen molar-refractivity contribution in [2.45, 2.75) is 12.1 Å². The number of hydrogen-bond donors (Lipinski definition) is 1. The van der Waals surface area contributed by atoms with E-state index in [-0.39, 0.29) is 30.6 Å². The molecule has 32 heavy (non-hydrogen) atoms. The van der Waals surface area contributed by atoms with Crippen LogP contribution in [0.2, 0.25) is 0 Å². The second-order valence-corrected chi connectivity index (χ2v) is 7.95. The third-order valence-corrected chi connectivity index (χ3v) is 5.90. The number of nitrogens with zero attached hydrogens (tertiary/aromatic N) is 3. The van der Waals surface area contributed by atoms with Crippen LogP contribution in [0.3, 0.4) is 0 Å². The molecular weight excluding hydrogens is 400 g/mol. The van der Waals surface area contributed by atoms with Crippen LogP contribution < -0.4 is 5.32 Å². The molecule has 2 unspecified atom stereocenters. The van der Waals surface area contributed by atoms with E-state index in [4.69, 9.17) is 4.99 Å². The number of aliphatic imine (C=N–C) groups is 1. The fourth-order valence-corrected chi connectivity index (χ4v) is 4.39. The highest BCUT2D eigenvalue weighted by Gasteiger charge is 2.44. The molecule has 6 heteroatoms. The first-order chi connectivity index (χ1) is 15.7. The number of rotatable bonds is 3. The Morgan fingerprint density at radius 3 is 2.06 bits per heavy atom. The molecule has 0 aromatic heterocycles. The van der Waals surface area contributed by atoms with E-state index < -0.39 is 0 Å². The number of amidine groups is 1. The zero-order valence-electron chi connectivity index (χ0n) is 17.6. The zero-order valence-corrected chi connectivity index (χ0v) is 17.6. The molecule has 3 aromatic rings. The van der Waals surface area contributed by atoms with Crippen molar-refractivity contribution in [3.05, 3.63) is 108 Å². The summed E-state index contributed by atoms with van der Waals surface area (Å²) in [6.07, 6.45) is 0. The molecule has 1 fully saturated rings. The van der Waals surface area contributed by atoms with E-state index in [9.17, 15) is 9.59 Å². The number of carbonyl (C=O) groups excluding carboxylic acids is 2. The Bertz CT molecular complexity index is 1130. The van der Waals surface area contributed by atoms with E-state index in [0.717, 1.165) is 16.7 Å². The standard InChI is InChI=1S/C26H24N4O2/c31-22-18-29(17-16-27-22)26(32)30-24(20-12-6-2-7-13-20)23(19-10-4-1-5-11-19)28-25(30)21-14-8-3-9-15-21/h1-15,23-24H,16-18H2,(H,27,31). The maximum atomic E-state index is 13.9. The van der Waals surface area contributed by atoms with Gasteiger partial charge in [0.15, 0.2) is 0 Å². The SMILES string of the molecule is O=C1CN(C(=O)N2C(c3ccccc3)=NC(c3ccccc3)C2c2ccccc2)CCN1. The third kappa shape index (κ3) is 3.75. The van der Waals surface area contributed by atoms with Crippen LogP contribution in [0.5, 0.6) is 0 Å². The van der Waals surface area contributed by atoms with Gasteiger partial charge in [-0.05, 0) is 11.1 Å². The predicted octanol–water partition coefficient (Wildman–Crippen LogP) is 3.78. The quantitative estimate of drug-likeness (QED) is 0.695. The van der Waals surface area contributed by atoms with Gasteiger partial charge in [0.2, 0.25) is 5.91 Å².